The lowest BCUT2D eigenvalue weighted by Gasteiger charge is -2.13. The Bertz CT molecular complexity index is 964. The minimum Gasteiger partial charge on any atom is -0.462 e. The second-order valence-corrected chi connectivity index (χ2v) is 6.53. The average Bonchev–Trinajstić information content (AvgIpc) is 2.65. The molecular weight excluding hydrogens is 352 g/mol. The van der Waals surface area contributed by atoms with Crippen molar-refractivity contribution in [2.24, 2.45) is 0 Å². The van der Waals surface area contributed by atoms with Gasteiger partial charge in [-0.3, -0.25) is 0 Å². The van der Waals surface area contributed by atoms with E-state index in [0.717, 1.165) is 28.2 Å². The van der Waals surface area contributed by atoms with Gasteiger partial charge in [-0.2, -0.15) is 4.98 Å². The van der Waals surface area contributed by atoms with E-state index in [1.54, 1.807) is 19.1 Å². The van der Waals surface area contributed by atoms with Gasteiger partial charge in [0.1, 0.15) is 5.82 Å². The molecule has 0 bridgehead atoms. The molecule has 0 spiro atoms. The van der Waals surface area contributed by atoms with Crippen molar-refractivity contribution in [1.82, 2.24) is 9.97 Å². The number of esters is 1. The standard InChI is InChI=1S/C22H24N4O2/c1-5-28-21(27)17-9-11-18(12-10-17)24-19-13-16(4)23-22(25-19)26-20-14(2)7-6-8-15(20)3/h6-13H,5H2,1-4H3,(H2,23,24,25,26). The van der Waals surface area contributed by atoms with E-state index in [4.69, 9.17) is 4.74 Å². The maximum atomic E-state index is 11.8. The summed E-state index contributed by atoms with van der Waals surface area (Å²) in [7, 11) is 0. The molecule has 1 heterocycles. The van der Waals surface area contributed by atoms with Crippen molar-refractivity contribution in [2.75, 3.05) is 17.2 Å². The number of aryl methyl sites for hydroxylation is 3. The minimum atomic E-state index is -0.327. The van der Waals surface area contributed by atoms with Gasteiger partial charge in [0.2, 0.25) is 5.95 Å². The first-order chi connectivity index (χ1) is 13.5. The number of anilines is 4. The summed E-state index contributed by atoms with van der Waals surface area (Å²) < 4.78 is 5.01. The van der Waals surface area contributed by atoms with Crippen LogP contribution in [0.15, 0.2) is 48.5 Å². The van der Waals surface area contributed by atoms with Crippen LogP contribution in [0.2, 0.25) is 0 Å². The number of nitrogens with one attached hydrogen (secondary N) is 2. The van der Waals surface area contributed by atoms with Gasteiger partial charge in [0, 0.05) is 23.1 Å². The van der Waals surface area contributed by atoms with E-state index in [1.165, 1.54) is 0 Å². The highest BCUT2D eigenvalue weighted by molar-refractivity contribution is 5.89. The predicted octanol–water partition coefficient (Wildman–Crippen LogP) is 5.07. The van der Waals surface area contributed by atoms with Crippen LogP contribution in [0.1, 0.15) is 34.1 Å². The molecule has 1 aromatic heterocycles. The number of nitrogens with zero attached hydrogens (tertiary/aromatic N) is 2. The Hall–Kier alpha value is -3.41. The molecule has 3 rings (SSSR count). The highest BCUT2D eigenvalue weighted by Crippen LogP contribution is 2.24. The van der Waals surface area contributed by atoms with E-state index in [2.05, 4.69) is 46.6 Å². The molecule has 6 heteroatoms. The molecule has 2 aromatic carbocycles. The van der Waals surface area contributed by atoms with Gasteiger partial charge in [0.15, 0.2) is 0 Å². The van der Waals surface area contributed by atoms with Gasteiger partial charge in [-0.05, 0) is 63.1 Å². The Balaban J connectivity index is 1.79. The molecule has 0 fully saturated rings. The Kier molecular flexibility index (Phi) is 5.89. The third-order valence-corrected chi connectivity index (χ3v) is 4.24. The highest BCUT2D eigenvalue weighted by Gasteiger charge is 2.09. The van der Waals surface area contributed by atoms with Crippen molar-refractivity contribution in [3.63, 3.8) is 0 Å². The van der Waals surface area contributed by atoms with Crippen molar-refractivity contribution >= 4 is 29.1 Å². The number of ether oxygens (including phenoxy) is 1. The molecule has 3 aromatic rings. The molecular formula is C22H24N4O2. The van der Waals surface area contributed by atoms with Crippen LogP contribution in [-0.4, -0.2) is 22.5 Å². The monoisotopic (exact) mass is 376 g/mol. The van der Waals surface area contributed by atoms with Gasteiger partial charge in [-0.25, -0.2) is 9.78 Å². The molecule has 0 amide bonds. The summed E-state index contributed by atoms with van der Waals surface area (Å²) in [6.45, 7) is 8.17. The SMILES string of the molecule is CCOC(=O)c1ccc(Nc2cc(C)nc(Nc3c(C)cccc3C)n2)cc1. The van der Waals surface area contributed by atoms with E-state index in [9.17, 15) is 4.79 Å². The second kappa shape index (κ2) is 8.52. The zero-order valence-corrected chi connectivity index (χ0v) is 16.5. The number of benzene rings is 2. The summed E-state index contributed by atoms with van der Waals surface area (Å²) in [6, 6.07) is 15.1. The van der Waals surface area contributed by atoms with Crippen LogP contribution >= 0.6 is 0 Å². The average molecular weight is 376 g/mol. The van der Waals surface area contributed by atoms with Gasteiger partial charge in [-0.1, -0.05) is 18.2 Å². The van der Waals surface area contributed by atoms with Crippen molar-refractivity contribution in [1.29, 1.82) is 0 Å². The van der Waals surface area contributed by atoms with E-state index in [-0.39, 0.29) is 5.97 Å². The molecule has 0 aliphatic carbocycles. The van der Waals surface area contributed by atoms with Crippen LogP contribution in [-0.2, 0) is 4.74 Å². The minimum absolute atomic E-state index is 0.327. The number of carbonyl (C=O) groups is 1. The van der Waals surface area contributed by atoms with E-state index >= 15 is 0 Å². The molecule has 6 nitrogen and oxygen atoms in total. The summed E-state index contributed by atoms with van der Waals surface area (Å²) in [5.74, 6) is 0.875. The van der Waals surface area contributed by atoms with Crippen LogP contribution in [0, 0.1) is 20.8 Å². The molecule has 0 saturated carbocycles. The predicted molar refractivity (Wildman–Crippen MR) is 112 cm³/mol. The second-order valence-electron chi connectivity index (χ2n) is 6.53. The molecule has 28 heavy (non-hydrogen) atoms. The van der Waals surface area contributed by atoms with Gasteiger partial charge in [0.05, 0.1) is 12.2 Å². The maximum absolute atomic E-state index is 11.8. The van der Waals surface area contributed by atoms with Crippen LogP contribution in [0.25, 0.3) is 0 Å². The van der Waals surface area contributed by atoms with Crippen molar-refractivity contribution in [2.45, 2.75) is 27.7 Å². The lowest BCUT2D eigenvalue weighted by Crippen LogP contribution is -2.05. The van der Waals surface area contributed by atoms with Gasteiger partial charge < -0.3 is 15.4 Å². The Labute approximate surface area is 165 Å². The first kappa shape index (κ1) is 19.4. The summed E-state index contributed by atoms with van der Waals surface area (Å²) in [4.78, 5) is 20.8. The fourth-order valence-corrected chi connectivity index (χ4v) is 2.86. The first-order valence-electron chi connectivity index (χ1n) is 9.19. The van der Waals surface area contributed by atoms with Crippen molar-refractivity contribution in [3.8, 4) is 0 Å². The number of carbonyl (C=O) groups excluding carboxylic acids is 1. The highest BCUT2D eigenvalue weighted by atomic mass is 16.5. The lowest BCUT2D eigenvalue weighted by atomic mass is 10.1. The molecule has 0 aliphatic heterocycles. The number of rotatable bonds is 6. The quantitative estimate of drug-likeness (QED) is 0.585. The van der Waals surface area contributed by atoms with E-state index in [1.807, 2.05) is 31.2 Å². The van der Waals surface area contributed by atoms with Gasteiger partial charge in [-0.15, -0.1) is 0 Å². The lowest BCUT2D eigenvalue weighted by molar-refractivity contribution is 0.0526. The number of hydrogen-bond acceptors (Lipinski definition) is 6. The fraction of sp³-hybridized carbons (Fsp3) is 0.227. The molecule has 144 valence electrons. The molecule has 0 saturated heterocycles. The van der Waals surface area contributed by atoms with Crippen LogP contribution in [0.5, 0.6) is 0 Å². The zero-order valence-electron chi connectivity index (χ0n) is 16.5. The molecule has 0 unspecified atom stereocenters. The number of hydrogen-bond donors (Lipinski definition) is 2. The topological polar surface area (TPSA) is 76.1 Å². The van der Waals surface area contributed by atoms with E-state index in [0.29, 0.717) is 23.9 Å². The van der Waals surface area contributed by atoms with E-state index < -0.39 is 0 Å². The maximum Gasteiger partial charge on any atom is 0.338 e. The van der Waals surface area contributed by atoms with Crippen molar-refractivity contribution < 1.29 is 9.53 Å². The Morgan fingerprint density at radius 1 is 0.964 bits per heavy atom. The number of para-hydroxylation sites is 1. The summed E-state index contributed by atoms with van der Waals surface area (Å²) in [5, 5.41) is 6.58. The Morgan fingerprint density at radius 2 is 1.64 bits per heavy atom. The third kappa shape index (κ3) is 4.65. The summed E-state index contributed by atoms with van der Waals surface area (Å²) in [5.41, 5.74) is 5.46. The fourth-order valence-electron chi connectivity index (χ4n) is 2.86. The Morgan fingerprint density at radius 3 is 2.29 bits per heavy atom. The summed E-state index contributed by atoms with van der Waals surface area (Å²) in [6.07, 6.45) is 0. The van der Waals surface area contributed by atoms with Crippen molar-refractivity contribution in [3.05, 3.63) is 70.9 Å². The van der Waals surface area contributed by atoms with Crippen LogP contribution < -0.4 is 10.6 Å². The largest absolute Gasteiger partial charge is 0.462 e. The smallest absolute Gasteiger partial charge is 0.338 e. The first-order valence-corrected chi connectivity index (χ1v) is 9.19. The van der Waals surface area contributed by atoms with Gasteiger partial charge >= 0.3 is 5.97 Å². The normalized spacial score (nSPS) is 10.4. The number of aromatic nitrogens is 2. The van der Waals surface area contributed by atoms with Crippen LogP contribution in [0.3, 0.4) is 0 Å². The molecule has 0 atom stereocenters. The van der Waals surface area contributed by atoms with Gasteiger partial charge in [0.25, 0.3) is 0 Å². The third-order valence-electron chi connectivity index (χ3n) is 4.24. The van der Waals surface area contributed by atoms with Crippen LogP contribution in [0.4, 0.5) is 23.1 Å². The zero-order chi connectivity index (χ0) is 20.1. The molecule has 0 radical (unpaired) electrons. The molecule has 2 N–H and O–H groups in total. The molecule has 0 aliphatic rings. The summed E-state index contributed by atoms with van der Waals surface area (Å²) >= 11 is 0.